The van der Waals surface area contributed by atoms with Crippen molar-refractivity contribution in [2.45, 2.75) is 13.3 Å². The van der Waals surface area contributed by atoms with Crippen LogP contribution in [0.15, 0.2) is 48.9 Å². The normalized spacial score (nSPS) is 10.3. The standard InChI is InChI=1S/C21H23N5O3S/c1-14-8-11-22-12-17(14)19(27)18-13-25-21(30-18)24-10-3-9-23-20(28)26-15-4-6-16(29-2)7-5-15/h4-8,11-13H,3,9-10H2,1-2H3,(H,24,25)(H2,23,26,28). The summed E-state index contributed by atoms with van der Waals surface area (Å²) in [4.78, 5) is 33.3. The highest BCUT2D eigenvalue weighted by molar-refractivity contribution is 7.17. The largest absolute Gasteiger partial charge is 0.497 e. The predicted molar refractivity (Wildman–Crippen MR) is 118 cm³/mol. The van der Waals surface area contributed by atoms with Gasteiger partial charge in [0.1, 0.15) is 5.75 Å². The summed E-state index contributed by atoms with van der Waals surface area (Å²) in [5.74, 6) is 0.651. The number of nitrogens with zero attached hydrogens (tertiary/aromatic N) is 2. The molecule has 0 atom stereocenters. The smallest absolute Gasteiger partial charge is 0.319 e. The summed E-state index contributed by atoms with van der Waals surface area (Å²) >= 11 is 1.30. The average molecular weight is 426 g/mol. The van der Waals surface area contributed by atoms with E-state index in [1.165, 1.54) is 11.3 Å². The molecule has 156 valence electrons. The Morgan fingerprint density at radius 1 is 1.10 bits per heavy atom. The number of urea groups is 1. The molecular weight excluding hydrogens is 402 g/mol. The lowest BCUT2D eigenvalue weighted by Crippen LogP contribution is -2.30. The summed E-state index contributed by atoms with van der Waals surface area (Å²) in [5.41, 5.74) is 2.16. The van der Waals surface area contributed by atoms with Gasteiger partial charge in [0.2, 0.25) is 5.78 Å². The van der Waals surface area contributed by atoms with E-state index in [1.807, 2.05) is 13.0 Å². The van der Waals surface area contributed by atoms with Gasteiger partial charge in [-0.25, -0.2) is 9.78 Å². The van der Waals surface area contributed by atoms with E-state index in [0.717, 1.165) is 11.3 Å². The molecule has 0 aliphatic heterocycles. The Kier molecular flexibility index (Phi) is 7.34. The Morgan fingerprint density at radius 3 is 2.63 bits per heavy atom. The summed E-state index contributed by atoms with van der Waals surface area (Å²) < 4.78 is 5.08. The summed E-state index contributed by atoms with van der Waals surface area (Å²) in [6, 6.07) is 8.65. The average Bonchev–Trinajstić information content (AvgIpc) is 3.23. The molecule has 8 nitrogen and oxygen atoms in total. The number of carbonyl (C=O) groups excluding carboxylic acids is 2. The topological polar surface area (TPSA) is 105 Å². The number of aryl methyl sites for hydroxylation is 1. The molecule has 0 aliphatic rings. The molecule has 0 spiro atoms. The van der Waals surface area contributed by atoms with Crippen molar-refractivity contribution in [3.63, 3.8) is 0 Å². The maximum absolute atomic E-state index is 12.6. The van der Waals surface area contributed by atoms with Gasteiger partial charge in [0, 0.05) is 36.7 Å². The van der Waals surface area contributed by atoms with Gasteiger partial charge in [-0.15, -0.1) is 0 Å². The minimum atomic E-state index is -0.269. The van der Waals surface area contributed by atoms with E-state index in [2.05, 4.69) is 25.9 Å². The van der Waals surface area contributed by atoms with Crippen LogP contribution in [0.3, 0.4) is 0 Å². The van der Waals surface area contributed by atoms with Gasteiger partial charge < -0.3 is 20.7 Å². The molecular formula is C21H23N5O3S. The molecule has 0 saturated carbocycles. The zero-order valence-corrected chi connectivity index (χ0v) is 17.6. The molecule has 3 rings (SSSR count). The van der Waals surface area contributed by atoms with E-state index in [9.17, 15) is 9.59 Å². The van der Waals surface area contributed by atoms with E-state index in [4.69, 9.17) is 4.74 Å². The number of thiazole rings is 1. The number of hydrogen-bond acceptors (Lipinski definition) is 7. The number of amides is 2. The van der Waals surface area contributed by atoms with Crippen LogP contribution in [-0.2, 0) is 0 Å². The van der Waals surface area contributed by atoms with Crippen molar-refractivity contribution in [2.75, 3.05) is 30.8 Å². The highest BCUT2D eigenvalue weighted by Gasteiger charge is 2.15. The molecule has 3 N–H and O–H groups in total. The SMILES string of the molecule is COc1ccc(NC(=O)NCCCNc2ncc(C(=O)c3cnccc3C)s2)cc1. The first kappa shape index (κ1) is 21.3. The molecule has 3 aromatic rings. The molecule has 2 amide bonds. The Labute approximate surface area is 178 Å². The van der Waals surface area contributed by atoms with Gasteiger partial charge in [0.05, 0.1) is 18.2 Å². The summed E-state index contributed by atoms with van der Waals surface area (Å²) in [5, 5.41) is 9.40. The van der Waals surface area contributed by atoms with E-state index >= 15 is 0 Å². The van der Waals surface area contributed by atoms with Crippen molar-refractivity contribution in [1.82, 2.24) is 15.3 Å². The zero-order chi connectivity index (χ0) is 21.3. The van der Waals surface area contributed by atoms with Crippen LogP contribution >= 0.6 is 11.3 Å². The van der Waals surface area contributed by atoms with Gasteiger partial charge in [0.15, 0.2) is 5.13 Å². The third kappa shape index (κ3) is 5.77. The maximum atomic E-state index is 12.6. The van der Waals surface area contributed by atoms with Crippen molar-refractivity contribution in [3.05, 3.63) is 64.9 Å². The Hall–Kier alpha value is -3.46. The molecule has 1 aromatic carbocycles. The number of hydrogen-bond donors (Lipinski definition) is 3. The number of ketones is 1. The summed E-state index contributed by atoms with van der Waals surface area (Å²) in [7, 11) is 1.59. The lowest BCUT2D eigenvalue weighted by molar-refractivity contribution is 0.104. The second-order valence-corrected chi connectivity index (χ2v) is 7.47. The first-order valence-corrected chi connectivity index (χ1v) is 10.2. The second kappa shape index (κ2) is 10.4. The fraction of sp³-hybridized carbons (Fsp3) is 0.238. The van der Waals surface area contributed by atoms with Crippen molar-refractivity contribution in [3.8, 4) is 5.75 Å². The summed E-state index contributed by atoms with van der Waals surface area (Å²) in [6.45, 7) is 3.00. The molecule has 2 aromatic heterocycles. The molecule has 2 heterocycles. The van der Waals surface area contributed by atoms with Gasteiger partial charge in [-0.2, -0.15) is 0 Å². The highest BCUT2D eigenvalue weighted by Crippen LogP contribution is 2.22. The predicted octanol–water partition coefficient (Wildman–Crippen LogP) is 3.71. The Balaban J connectivity index is 1.38. The molecule has 0 radical (unpaired) electrons. The highest BCUT2D eigenvalue weighted by atomic mass is 32.1. The quantitative estimate of drug-likeness (QED) is 0.357. The Bertz CT molecular complexity index is 1000. The Morgan fingerprint density at radius 2 is 1.90 bits per heavy atom. The fourth-order valence-corrected chi connectivity index (χ4v) is 3.43. The number of nitrogens with one attached hydrogen (secondary N) is 3. The molecule has 0 saturated heterocycles. The van der Waals surface area contributed by atoms with Crippen molar-refractivity contribution in [1.29, 1.82) is 0 Å². The number of carbonyl (C=O) groups is 2. The number of aromatic nitrogens is 2. The van der Waals surface area contributed by atoms with Gasteiger partial charge in [-0.3, -0.25) is 9.78 Å². The van der Waals surface area contributed by atoms with Crippen LogP contribution in [0.25, 0.3) is 0 Å². The van der Waals surface area contributed by atoms with Crippen molar-refractivity contribution in [2.24, 2.45) is 0 Å². The minimum absolute atomic E-state index is 0.0805. The van der Waals surface area contributed by atoms with Gasteiger partial charge >= 0.3 is 6.03 Å². The van der Waals surface area contributed by atoms with Crippen LogP contribution in [0.4, 0.5) is 15.6 Å². The van der Waals surface area contributed by atoms with Crippen LogP contribution in [0.2, 0.25) is 0 Å². The van der Waals surface area contributed by atoms with Gasteiger partial charge in [-0.05, 0) is 49.2 Å². The molecule has 0 bridgehead atoms. The molecule has 0 aliphatic carbocycles. The first-order chi connectivity index (χ1) is 14.6. The molecule has 9 heteroatoms. The van der Waals surface area contributed by atoms with Gasteiger partial charge in [-0.1, -0.05) is 11.3 Å². The minimum Gasteiger partial charge on any atom is -0.497 e. The van der Waals surface area contributed by atoms with Crippen LogP contribution in [0.1, 0.15) is 27.2 Å². The number of pyridine rings is 1. The number of ether oxygens (including phenoxy) is 1. The monoisotopic (exact) mass is 425 g/mol. The van der Waals surface area contributed by atoms with Crippen LogP contribution in [0, 0.1) is 6.92 Å². The number of rotatable bonds is 9. The third-order valence-electron chi connectivity index (χ3n) is 4.28. The second-order valence-electron chi connectivity index (χ2n) is 6.44. The first-order valence-electron chi connectivity index (χ1n) is 9.40. The molecule has 0 fully saturated rings. The third-order valence-corrected chi connectivity index (χ3v) is 5.23. The van der Waals surface area contributed by atoms with Crippen LogP contribution in [0.5, 0.6) is 5.75 Å². The van der Waals surface area contributed by atoms with Gasteiger partial charge in [0.25, 0.3) is 0 Å². The van der Waals surface area contributed by atoms with Crippen LogP contribution < -0.4 is 20.7 Å². The van der Waals surface area contributed by atoms with E-state index in [-0.39, 0.29) is 11.8 Å². The van der Waals surface area contributed by atoms with Crippen molar-refractivity contribution < 1.29 is 14.3 Å². The van der Waals surface area contributed by atoms with E-state index in [0.29, 0.717) is 40.8 Å². The zero-order valence-electron chi connectivity index (χ0n) is 16.8. The number of anilines is 2. The molecule has 0 unspecified atom stereocenters. The number of methoxy groups -OCH3 is 1. The fourth-order valence-electron chi connectivity index (χ4n) is 2.63. The number of benzene rings is 1. The lowest BCUT2D eigenvalue weighted by Gasteiger charge is -2.08. The van der Waals surface area contributed by atoms with E-state index < -0.39 is 0 Å². The lowest BCUT2D eigenvalue weighted by atomic mass is 10.1. The molecule has 30 heavy (non-hydrogen) atoms. The van der Waals surface area contributed by atoms with Crippen molar-refractivity contribution >= 4 is 34.0 Å². The van der Waals surface area contributed by atoms with E-state index in [1.54, 1.807) is 50.0 Å². The summed E-state index contributed by atoms with van der Waals surface area (Å²) in [6.07, 6.45) is 5.52. The van der Waals surface area contributed by atoms with Crippen LogP contribution in [-0.4, -0.2) is 42.0 Å². The maximum Gasteiger partial charge on any atom is 0.319 e.